The van der Waals surface area contributed by atoms with E-state index in [0.717, 1.165) is 30.4 Å². The molecule has 1 amide bonds. The van der Waals surface area contributed by atoms with Gasteiger partial charge < -0.3 is 4.90 Å². The van der Waals surface area contributed by atoms with Gasteiger partial charge in [0.25, 0.3) is 0 Å². The predicted octanol–water partition coefficient (Wildman–Crippen LogP) is 3.65. The molecule has 1 heterocycles. The Labute approximate surface area is 111 Å². The Morgan fingerprint density at radius 2 is 2.24 bits per heavy atom. The zero-order chi connectivity index (χ0) is 12.4. The third kappa shape index (κ3) is 2.54. The van der Waals surface area contributed by atoms with Gasteiger partial charge in [-0.1, -0.05) is 35.0 Å². The first kappa shape index (κ1) is 12.6. The van der Waals surface area contributed by atoms with Crippen molar-refractivity contribution in [3.63, 3.8) is 0 Å². The Morgan fingerprint density at radius 1 is 1.47 bits per heavy atom. The van der Waals surface area contributed by atoms with E-state index in [-0.39, 0.29) is 11.8 Å². The van der Waals surface area contributed by atoms with Crippen LogP contribution in [-0.2, 0) is 10.1 Å². The fraction of sp³-hybridized carbons (Fsp3) is 0.500. The first-order chi connectivity index (χ1) is 8.13. The molecule has 17 heavy (non-hydrogen) atoms. The minimum absolute atomic E-state index is 0.166. The first-order valence-corrected chi connectivity index (χ1v) is 7.22. The lowest BCUT2D eigenvalue weighted by Gasteiger charge is -2.31. The fourth-order valence-electron chi connectivity index (χ4n) is 2.40. The quantitative estimate of drug-likeness (QED) is 0.763. The molecule has 0 aliphatic carbocycles. The molecule has 2 nitrogen and oxygen atoms in total. The predicted molar refractivity (Wildman–Crippen MR) is 74.6 cm³/mol. The average molecular weight is 296 g/mol. The number of carbonyl (C=O) groups is 1. The van der Waals surface area contributed by atoms with Gasteiger partial charge >= 0.3 is 0 Å². The molecular formula is C14H18BrNO. The summed E-state index contributed by atoms with van der Waals surface area (Å²) in [6, 6.07) is 6.31. The van der Waals surface area contributed by atoms with Crippen molar-refractivity contribution >= 4 is 27.5 Å². The average Bonchev–Trinajstić information content (AvgIpc) is 2.33. The molecule has 1 aliphatic heterocycles. The highest BCUT2D eigenvalue weighted by Crippen LogP contribution is 2.28. The maximum Gasteiger partial charge on any atom is 0.229 e. The Morgan fingerprint density at radius 3 is 2.88 bits per heavy atom. The van der Waals surface area contributed by atoms with Crippen LogP contribution in [0, 0.1) is 12.8 Å². The van der Waals surface area contributed by atoms with Crippen LogP contribution in [0.5, 0.6) is 0 Å². The van der Waals surface area contributed by atoms with Crippen molar-refractivity contribution in [3.05, 3.63) is 29.3 Å². The maximum atomic E-state index is 12.1. The van der Waals surface area contributed by atoms with Crippen LogP contribution in [0.1, 0.15) is 30.9 Å². The summed E-state index contributed by atoms with van der Waals surface area (Å²) < 4.78 is 0. The number of amides is 1. The highest BCUT2D eigenvalue weighted by molar-refractivity contribution is 9.08. The Balaban J connectivity index is 2.30. The van der Waals surface area contributed by atoms with E-state index in [1.165, 1.54) is 11.1 Å². The number of rotatable bonds is 2. The van der Waals surface area contributed by atoms with Gasteiger partial charge in [0.1, 0.15) is 0 Å². The van der Waals surface area contributed by atoms with Crippen LogP contribution in [0.25, 0.3) is 0 Å². The molecule has 0 radical (unpaired) electrons. The van der Waals surface area contributed by atoms with Crippen molar-refractivity contribution in [1.82, 2.24) is 0 Å². The molecule has 2 rings (SSSR count). The van der Waals surface area contributed by atoms with Crippen molar-refractivity contribution in [1.29, 1.82) is 0 Å². The van der Waals surface area contributed by atoms with Gasteiger partial charge in [-0.25, -0.2) is 0 Å². The van der Waals surface area contributed by atoms with E-state index in [2.05, 4.69) is 41.1 Å². The molecule has 0 bridgehead atoms. The van der Waals surface area contributed by atoms with E-state index in [4.69, 9.17) is 0 Å². The summed E-state index contributed by atoms with van der Waals surface area (Å²) >= 11 is 3.45. The van der Waals surface area contributed by atoms with Gasteiger partial charge in [-0.2, -0.15) is 0 Å². The van der Waals surface area contributed by atoms with Crippen LogP contribution < -0.4 is 4.90 Å². The molecule has 1 aliphatic rings. The van der Waals surface area contributed by atoms with Gasteiger partial charge in [-0.3, -0.25) is 4.79 Å². The second-order valence-electron chi connectivity index (χ2n) is 4.79. The normalized spacial score (nSPS) is 20.8. The van der Waals surface area contributed by atoms with Crippen LogP contribution >= 0.6 is 15.9 Å². The van der Waals surface area contributed by atoms with E-state index < -0.39 is 0 Å². The topological polar surface area (TPSA) is 20.3 Å². The summed E-state index contributed by atoms with van der Waals surface area (Å²) in [7, 11) is 0. The maximum absolute atomic E-state index is 12.1. The van der Waals surface area contributed by atoms with Crippen molar-refractivity contribution in [2.45, 2.75) is 32.0 Å². The molecule has 1 aromatic carbocycles. The standard InChI is InChI=1S/C14H18BrNO/c1-10-4-3-7-16(14(10)17)13-6-5-12(9-15)8-11(13)2/h5-6,8,10H,3-4,7,9H2,1-2H3. The van der Waals surface area contributed by atoms with Crippen LogP contribution in [0.3, 0.4) is 0 Å². The largest absolute Gasteiger partial charge is 0.312 e. The second kappa shape index (κ2) is 5.21. The monoisotopic (exact) mass is 295 g/mol. The molecule has 1 fully saturated rings. The van der Waals surface area contributed by atoms with Crippen LogP contribution in [0.15, 0.2) is 18.2 Å². The fourth-order valence-corrected chi connectivity index (χ4v) is 2.75. The van der Waals surface area contributed by atoms with E-state index in [1.54, 1.807) is 0 Å². The summed E-state index contributed by atoms with van der Waals surface area (Å²) in [6.07, 6.45) is 2.13. The number of anilines is 1. The number of benzene rings is 1. The molecule has 1 unspecified atom stereocenters. The van der Waals surface area contributed by atoms with Crippen molar-refractivity contribution in [3.8, 4) is 0 Å². The van der Waals surface area contributed by atoms with E-state index in [0.29, 0.717) is 0 Å². The van der Waals surface area contributed by atoms with Gasteiger partial charge in [0.2, 0.25) is 5.91 Å². The van der Waals surface area contributed by atoms with E-state index in [1.807, 2.05) is 11.8 Å². The molecule has 0 spiro atoms. The zero-order valence-electron chi connectivity index (χ0n) is 10.4. The summed E-state index contributed by atoms with van der Waals surface area (Å²) in [5, 5.41) is 0.860. The van der Waals surface area contributed by atoms with Gasteiger partial charge in [0, 0.05) is 23.5 Å². The third-order valence-corrected chi connectivity index (χ3v) is 4.06. The van der Waals surface area contributed by atoms with E-state index in [9.17, 15) is 4.79 Å². The zero-order valence-corrected chi connectivity index (χ0v) is 12.0. The number of piperidine rings is 1. The molecule has 1 aromatic rings. The lowest BCUT2D eigenvalue weighted by atomic mass is 9.97. The number of alkyl halides is 1. The molecule has 92 valence electrons. The Hall–Kier alpha value is -0.830. The lowest BCUT2D eigenvalue weighted by molar-refractivity contribution is -0.123. The van der Waals surface area contributed by atoms with Gasteiger partial charge in [0.15, 0.2) is 0 Å². The molecule has 1 atom stereocenters. The molecular weight excluding hydrogens is 278 g/mol. The molecule has 0 aromatic heterocycles. The van der Waals surface area contributed by atoms with Crippen LogP contribution in [-0.4, -0.2) is 12.5 Å². The first-order valence-electron chi connectivity index (χ1n) is 6.10. The number of aryl methyl sites for hydroxylation is 1. The molecule has 0 saturated carbocycles. The summed E-state index contributed by atoms with van der Waals surface area (Å²) in [6.45, 7) is 4.96. The highest BCUT2D eigenvalue weighted by atomic mass is 79.9. The van der Waals surface area contributed by atoms with Crippen LogP contribution in [0.4, 0.5) is 5.69 Å². The Bertz CT molecular complexity index is 430. The number of nitrogens with zero attached hydrogens (tertiary/aromatic N) is 1. The molecule has 0 N–H and O–H groups in total. The van der Waals surface area contributed by atoms with Gasteiger partial charge in [-0.15, -0.1) is 0 Å². The summed E-state index contributed by atoms with van der Waals surface area (Å²) in [5.41, 5.74) is 3.51. The highest BCUT2D eigenvalue weighted by Gasteiger charge is 2.26. The SMILES string of the molecule is Cc1cc(CBr)ccc1N1CCCC(C)C1=O. The summed E-state index contributed by atoms with van der Waals surface area (Å²) in [5.74, 6) is 0.435. The van der Waals surface area contributed by atoms with E-state index >= 15 is 0 Å². The minimum Gasteiger partial charge on any atom is -0.312 e. The smallest absolute Gasteiger partial charge is 0.229 e. The van der Waals surface area contributed by atoms with Crippen molar-refractivity contribution < 1.29 is 4.79 Å². The van der Waals surface area contributed by atoms with Crippen LogP contribution in [0.2, 0.25) is 0 Å². The number of hydrogen-bond acceptors (Lipinski definition) is 1. The molecule has 1 saturated heterocycles. The third-order valence-electron chi connectivity index (χ3n) is 3.41. The number of carbonyl (C=O) groups excluding carboxylic acids is 1. The summed E-state index contributed by atoms with van der Waals surface area (Å²) in [4.78, 5) is 14.1. The van der Waals surface area contributed by atoms with Crippen molar-refractivity contribution in [2.75, 3.05) is 11.4 Å². The number of halogens is 1. The second-order valence-corrected chi connectivity index (χ2v) is 5.35. The van der Waals surface area contributed by atoms with Gasteiger partial charge in [-0.05, 0) is 37.0 Å². The van der Waals surface area contributed by atoms with Crippen molar-refractivity contribution in [2.24, 2.45) is 5.92 Å². The lowest BCUT2D eigenvalue weighted by Crippen LogP contribution is -2.40. The molecule has 3 heteroatoms. The minimum atomic E-state index is 0.166. The van der Waals surface area contributed by atoms with Gasteiger partial charge in [0.05, 0.1) is 0 Å². The Kier molecular flexibility index (Phi) is 3.87. The number of hydrogen-bond donors (Lipinski definition) is 0.